The highest BCUT2D eigenvalue weighted by atomic mass is 16.5. The van der Waals surface area contributed by atoms with Gasteiger partial charge in [0, 0.05) is 6.42 Å². The lowest BCUT2D eigenvalue weighted by Crippen LogP contribution is -2.07. The summed E-state index contributed by atoms with van der Waals surface area (Å²) in [6.07, 6.45) is 0.946. The molecule has 0 saturated carbocycles. The van der Waals surface area contributed by atoms with Gasteiger partial charge in [-0.2, -0.15) is 0 Å². The molecule has 0 heterocycles. The number of ether oxygens (including phenoxy) is 1. The molecule has 2 N–H and O–H groups in total. The second-order valence-electron chi connectivity index (χ2n) is 3.91. The summed E-state index contributed by atoms with van der Waals surface area (Å²) in [6.45, 7) is 4.16. The Bertz CT molecular complexity index is 357. The van der Waals surface area contributed by atoms with E-state index in [0.717, 1.165) is 11.3 Å². The van der Waals surface area contributed by atoms with Crippen LogP contribution < -0.4 is 4.74 Å². The molecular formula is C13H19NO3. The predicted molar refractivity (Wildman–Crippen MR) is 66.8 cm³/mol. The first kappa shape index (κ1) is 13.5. The van der Waals surface area contributed by atoms with Crippen molar-refractivity contribution in [3.63, 3.8) is 0 Å². The van der Waals surface area contributed by atoms with Gasteiger partial charge in [-0.3, -0.25) is 0 Å². The molecule has 0 bridgehead atoms. The van der Waals surface area contributed by atoms with Gasteiger partial charge in [0.2, 0.25) is 0 Å². The first-order valence-corrected chi connectivity index (χ1v) is 5.79. The Balaban J connectivity index is 2.56. The second-order valence-corrected chi connectivity index (χ2v) is 3.91. The molecular weight excluding hydrogens is 218 g/mol. The van der Waals surface area contributed by atoms with Gasteiger partial charge in [-0.05, 0) is 43.2 Å². The van der Waals surface area contributed by atoms with Gasteiger partial charge < -0.3 is 15.1 Å². The molecule has 0 aliphatic heterocycles. The summed E-state index contributed by atoms with van der Waals surface area (Å²) in [6, 6.07) is 7.38. The molecule has 94 valence electrons. The summed E-state index contributed by atoms with van der Waals surface area (Å²) in [5.74, 6) is 0.753. The van der Waals surface area contributed by atoms with Gasteiger partial charge in [-0.15, -0.1) is 0 Å². The highest BCUT2D eigenvalue weighted by molar-refractivity contribution is 6.00. The lowest BCUT2D eigenvalue weighted by Gasteiger charge is -2.08. The van der Waals surface area contributed by atoms with Crippen LogP contribution in [0.2, 0.25) is 0 Å². The first-order chi connectivity index (χ1) is 8.17. The van der Waals surface area contributed by atoms with Crippen LogP contribution in [0.15, 0.2) is 29.4 Å². The molecule has 0 saturated heterocycles. The third-order valence-electron chi connectivity index (χ3n) is 2.45. The largest absolute Gasteiger partial charge is 0.493 e. The minimum atomic E-state index is -0.345. The Labute approximate surface area is 102 Å². The predicted octanol–water partition coefficient (Wildman–Crippen LogP) is 2.42. The fraction of sp³-hybridized carbons (Fsp3) is 0.462. The fourth-order valence-electron chi connectivity index (χ4n) is 1.42. The maximum atomic E-state index is 9.09. The number of oxime groups is 1. The fourth-order valence-corrected chi connectivity index (χ4v) is 1.42. The average Bonchev–Trinajstić information content (AvgIpc) is 2.32. The summed E-state index contributed by atoms with van der Waals surface area (Å²) in [7, 11) is 0. The van der Waals surface area contributed by atoms with E-state index in [1.165, 1.54) is 0 Å². The minimum Gasteiger partial charge on any atom is -0.493 e. The SMILES string of the molecule is CC/C(=N/O)c1ccc(OCCC(C)O)cc1. The molecule has 4 heteroatoms. The van der Waals surface area contributed by atoms with Gasteiger partial charge in [0.1, 0.15) is 5.75 Å². The van der Waals surface area contributed by atoms with Gasteiger partial charge in [-0.1, -0.05) is 12.1 Å². The van der Waals surface area contributed by atoms with Gasteiger partial charge in [0.25, 0.3) is 0 Å². The van der Waals surface area contributed by atoms with Crippen molar-refractivity contribution in [2.45, 2.75) is 32.8 Å². The topological polar surface area (TPSA) is 62.1 Å². The summed E-state index contributed by atoms with van der Waals surface area (Å²) >= 11 is 0. The zero-order valence-electron chi connectivity index (χ0n) is 10.3. The summed E-state index contributed by atoms with van der Waals surface area (Å²) in [5.41, 5.74) is 1.54. The second kappa shape index (κ2) is 6.91. The third kappa shape index (κ3) is 4.44. The van der Waals surface area contributed by atoms with Gasteiger partial charge in [0.05, 0.1) is 18.4 Å². The molecule has 1 unspecified atom stereocenters. The van der Waals surface area contributed by atoms with Gasteiger partial charge in [0.15, 0.2) is 0 Å². The van der Waals surface area contributed by atoms with Crippen molar-refractivity contribution in [2.24, 2.45) is 5.16 Å². The number of benzene rings is 1. The Hall–Kier alpha value is -1.55. The van der Waals surface area contributed by atoms with E-state index in [1.807, 2.05) is 31.2 Å². The lowest BCUT2D eigenvalue weighted by molar-refractivity contribution is 0.155. The quantitative estimate of drug-likeness (QED) is 0.454. The number of hydrogen-bond donors (Lipinski definition) is 2. The standard InChI is InChI=1S/C13H19NO3/c1-3-13(14-16)11-4-6-12(7-5-11)17-9-8-10(2)15/h4-7,10,15-16H,3,8-9H2,1-2H3/b14-13-. The maximum absolute atomic E-state index is 9.09. The number of hydrogen-bond acceptors (Lipinski definition) is 4. The molecule has 0 fully saturated rings. The van der Waals surface area contributed by atoms with Crippen LogP contribution in [0.5, 0.6) is 5.75 Å². The molecule has 1 atom stereocenters. The number of aliphatic hydroxyl groups excluding tert-OH is 1. The molecule has 17 heavy (non-hydrogen) atoms. The van der Waals surface area contributed by atoms with E-state index >= 15 is 0 Å². The van der Waals surface area contributed by atoms with E-state index in [0.29, 0.717) is 25.2 Å². The van der Waals surface area contributed by atoms with E-state index in [-0.39, 0.29) is 6.10 Å². The van der Waals surface area contributed by atoms with Crippen molar-refractivity contribution in [1.82, 2.24) is 0 Å². The zero-order valence-corrected chi connectivity index (χ0v) is 10.3. The van der Waals surface area contributed by atoms with Crippen LogP contribution in [0.3, 0.4) is 0 Å². The molecule has 0 aromatic heterocycles. The highest BCUT2D eigenvalue weighted by Crippen LogP contribution is 2.14. The van der Waals surface area contributed by atoms with Crippen LogP contribution >= 0.6 is 0 Å². The highest BCUT2D eigenvalue weighted by Gasteiger charge is 2.02. The molecule has 1 aromatic rings. The summed E-state index contributed by atoms with van der Waals surface area (Å²) in [4.78, 5) is 0. The third-order valence-corrected chi connectivity index (χ3v) is 2.45. The Morgan fingerprint density at radius 1 is 1.35 bits per heavy atom. The van der Waals surface area contributed by atoms with Crippen molar-refractivity contribution >= 4 is 5.71 Å². The summed E-state index contributed by atoms with van der Waals surface area (Å²) in [5, 5.41) is 21.1. The molecule has 1 aromatic carbocycles. The van der Waals surface area contributed by atoms with E-state index in [9.17, 15) is 0 Å². The van der Waals surface area contributed by atoms with Crippen LogP contribution in [-0.4, -0.2) is 28.7 Å². The molecule has 0 spiro atoms. The van der Waals surface area contributed by atoms with Crippen LogP contribution in [0, 0.1) is 0 Å². The molecule has 1 rings (SSSR count). The first-order valence-electron chi connectivity index (χ1n) is 5.79. The minimum absolute atomic E-state index is 0.345. The maximum Gasteiger partial charge on any atom is 0.119 e. The molecule has 0 aliphatic carbocycles. The van der Waals surface area contributed by atoms with Crippen molar-refractivity contribution in [1.29, 1.82) is 0 Å². The molecule has 0 aliphatic rings. The number of aliphatic hydroxyl groups is 1. The lowest BCUT2D eigenvalue weighted by atomic mass is 10.1. The van der Waals surface area contributed by atoms with Gasteiger partial charge in [-0.25, -0.2) is 0 Å². The van der Waals surface area contributed by atoms with Crippen molar-refractivity contribution < 1.29 is 15.1 Å². The van der Waals surface area contributed by atoms with E-state index in [1.54, 1.807) is 6.92 Å². The number of rotatable bonds is 6. The van der Waals surface area contributed by atoms with Crippen LogP contribution in [0.4, 0.5) is 0 Å². The average molecular weight is 237 g/mol. The van der Waals surface area contributed by atoms with E-state index in [2.05, 4.69) is 5.16 Å². The number of nitrogens with zero attached hydrogens (tertiary/aromatic N) is 1. The smallest absolute Gasteiger partial charge is 0.119 e. The molecule has 4 nitrogen and oxygen atoms in total. The van der Waals surface area contributed by atoms with Crippen molar-refractivity contribution in [3.05, 3.63) is 29.8 Å². The van der Waals surface area contributed by atoms with Crippen LogP contribution in [0.1, 0.15) is 32.3 Å². The Morgan fingerprint density at radius 3 is 2.47 bits per heavy atom. The van der Waals surface area contributed by atoms with Gasteiger partial charge >= 0.3 is 0 Å². The Morgan fingerprint density at radius 2 is 2.00 bits per heavy atom. The van der Waals surface area contributed by atoms with E-state index in [4.69, 9.17) is 15.1 Å². The van der Waals surface area contributed by atoms with Crippen LogP contribution in [-0.2, 0) is 0 Å². The van der Waals surface area contributed by atoms with Crippen LogP contribution in [0.25, 0.3) is 0 Å². The van der Waals surface area contributed by atoms with Crippen molar-refractivity contribution in [3.8, 4) is 5.75 Å². The summed E-state index contributed by atoms with van der Waals surface area (Å²) < 4.78 is 5.46. The monoisotopic (exact) mass is 237 g/mol. The zero-order chi connectivity index (χ0) is 12.7. The molecule has 0 radical (unpaired) electrons. The van der Waals surface area contributed by atoms with Crippen molar-refractivity contribution in [2.75, 3.05) is 6.61 Å². The van der Waals surface area contributed by atoms with E-state index < -0.39 is 0 Å². The molecule has 0 amide bonds. The Kier molecular flexibility index (Phi) is 5.49. The normalized spacial score (nSPS) is 13.5.